The fourth-order valence-corrected chi connectivity index (χ4v) is 0.954. The number of esters is 1. The lowest BCUT2D eigenvalue weighted by Crippen LogP contribution is -2.12. The summed E-state index contributed by atoms with van der Waals surface area (Å²) in [4.78, 5) is 15.0. The maximum Gasteiger partial charge on any atom is 0.325 e. The second-order valence-electron chi connectivity index (χ2n) is 2.55. The predicted molar refractivity (Wildman–Crippen MR) is 46.8 cm³/mol. The Morgan fingerprint density at radius 3 is 3.08 bits per heavy atom. The van der Waals surface area contributed by atoms with E-state index in [9.17, 15) is 4.79 Å². The molecule has 13 heavy (non-hydrogen) atoms. The summed E-state index contributed by atoms with van der Waals surface area (Å²) in [5, 5.41) is 0. The minimum Gasteiger partial charge on any atom is -0.465 e. The van der Waals surface area contributed by atoms with Crippen molar-refractivity contribution < 1.29 is 9.53 Å². The topological polar surface area (TPSA) is 70.1 Å². The van der Waals surface area contributed by atoms with Crippen LogP contribution in [0.15, 0.2) is 12.5 Å². The van der Waals surface area contributed by atoms with Gasteiger partial charge in [-0.1, -0.05) is 0 Å². The summed E-state index contributed by atoms with van der Waals surface area (Å²) in [5.74, 6) is -0.261. The Kier molecular flexibility index (Phi) is 3.45. The average molecular weight is 183 g/mol. The molecular weight excluding hydrogens is 170 g/mol. The average Bonchev–Trinajstić information content (AvgIpc) is 2.52. The molecule has 1 heterocycles. The Morgan fingerprint density at radius 1 is 1.77 bits per heavy atom. The Hall–Kier alpha value is -1.36. The van der Waals surface area contributed by atoms with Gasteiger partial charge in [0.1, 0.15) is 6.54 Å². The van der Waals surface area contributed by atoms with Gasteiger partial charge in [0.05, 0.1) is 18.6 Å². The summed E-state index contributed by atoms with van der Waals surface area (Å²) >= 11 is 0. The van der Waals surface area contributed by atoms with Crippen LogP contribution in [0.1, 0.15) is 12.6 Å². The van der Waals surface area contributed by atoms with Crippen LogP contribution in [0.5, 0.6) is 0 Å². The van der Waals surface area contributed by atoms with E-state index in [1.54, 1.807) is 24.0 Å². The number of carbonyl (C=O) groups is 1. The molecule has 0 fully saturated rings. The molecule has 0 radical (unpaired) electrons. The van der Waals surface area contributed by atoms with Crippen molar-refractivity contribution in [2.24, 2.45) is 5.73 Å². The molecule has 0 atom stereocenters. The summed E-state index contributed by atoms with van der Waals surface area (Å²) in [6.45, 7) is 2.76. The van der Waals surface area contributed by atoms with Crippen molar-refractivity contribution in [3.8, 4) is 0 Å². The van der Waals surface area contributed by atoms with Crippen molar-refractivity contribution >= 4 is 5.97 Å². The van der Waals surface area contributed by atoms with Crippen molar-refractivity contribution in [3.63, 3.8) is 0 Å². The van der Waals surface area contributed by atoms with E-state index in [0.717, 1.165) is 5.69 Å². The highest BCUT2D eigenvalue weighted by atomic mass is 16.5. The zero-order valence-electron chi connectivity index (χ0n) is 7.56. The maximum absolute atomic E-state index is 11.0. The molecule has 0 aliphatic carbocycles. The molecule has 2 N–H and O–H groups in total. The fraction of sp³-hybridized carbons (Fsp3) is 0.500. The van der Waals surface area contributed by atoms with Crippen LogP contribution in [0.25, 0.3) is 0 Å². The van der Waals surface area contributed by atoms with Crippen LogP contribution >= 0.6 is 0 Å². The van der Waals surface area contributed by atoms with Crippen LogP contribution in [-0.2, 0) is 22.6 Å². The first-order valence-corrected chi connectivity index (χ1v) is 4.12. The minimum atomic E-state index is -0.261. The largest absolute Gasteiger partial charge is 0.465 e. The summed E-state index contributed by atoms with van der Waals surface area (Å²) in [7, 11) is 0. The molecule has 0 aliphatic heterocycles. The highest BCUT2D eigenvalue weighted by Crippen LogP contribution is 1.95. The molecule has 0 saturated carbocycles. The van der Waals surface area contributed by atoms with Crippen LogP contribution in [0, 0.1) is 0 Å². The van der Waals surface area contributed by atoms with Crippen molar-refractivity contribution in [1.82, 2.24) is 9.55 Å². The Balaban J connectivity index is 2.49. The van der Waals surface area contributed by atoms with Gasteiger partial charge < -0.3 is 15.0 Å². The minimum absolute atomic E-state index is 0.195. The predicted octanol–water partition coefficient (Wildman–Crippen LogP) is -0.0951. The van der Waals surface area contributed by atoms with E-state index >= 15 is 0 Å². The molecule has 5 nitrogen and oxygen atoms in total. The number of aromatic nitrogens is 2. The quantitative estimate of drug-likeness (QED) is 0.662. The summed E-state index contributed by atoms with van der Waals surface area (Å²) < 4.78 is 6.42. The van der Waals surface area contributed by atoms with Crippen LogP contribution < -0.4 is 5.73 Å². The highest BCUT2D eigenvalue weighted by Gasteiger charge is 2.03. The van der Waals surface area contributed by atoms with E-state index < -0.39 is 0 Å². The number of carbonyl (C=O) groups excluding carboxylic acids is 1. The smallest absolute Gasteiger partial charge is 0.325 e. The van der Waals surface area contributed by atoms with E-state index in [0.29, 0.717) is 13.2 Å². The first kappa shape index (κ1) is 9.73. The summed E-state index contributed by atoms with van der Waals surface area (Å²) in [5.41, 5.74) is 6.13. The second kappa shape index (κ2) is 4.61. The van der Waals surface area contributed by atoms with Crippen LogP contribution in [0.4, 0.5) is 0 Å². The molecule has 0 bridgehead atoms. The summed E-state index contributed by atoms with van der Waals surface area (Å²) in [6.07, 6.45) is 3.30. The number of hydrogen-bond acceptors (Lipinski definition) is 4. The number of ether oxygens (including phenoxy) is 1. The van der Waals surface area contributed by atoms with Crippen LogP contribution in [-0.4, -0.2) is 22.1 Å². The molecule has 0 aromatic carbocycles. The van der Waals surface area contributed by atoms with Crippen molar-refractivity contribution in [1.29, 1.82) is 0 Å². The van der Waals surface area contributed by atoms with E-state index in [1.807, 2.05) is 0 Å². The Bertz CT molecular complexity index is 283. The van der Waals surface area contributed by atoms with E-state index in [2.05, 4.69) is 4.98 Å². The lowest BCUT2D eigenvalue weighted by Gasteiger charge is -2.01. The zero-order chi connectivity index (χ0) is 9.68. The third-order valence-corrected chi connectivity index (χ3v) is 1.51. The normalized spacial score (nSPS) is 10.0. The van der Waals surface area contributed by atoms with Gasteiger partial charge in [0.15, 0.2) is 0 Å². The van der Waals surface area contributed by atoms with Crippen LogP contribution in [0.2, 0.25) is 0 Å². The Labute approximate surface area is 76.5 Å². The van der Waals surface area contributed by atoms with Gasteiger partial charge in [-0.2, -0.15) is 0 Å². The molecular formula is C8H13N3O2. The molecule has 0 amide bonds. The molecule has 1 aromatic heterocycles. The molecule has 0 aliphatic rings. The molecule has 1 rings (SSSR count). The monoisotopic (exact) mass is 183 g/mol. The van der Waals surface area contributed by atoms with Crippen molar-refractivity contribution in [2.45, 2.75) is 20.0 Å². The first-order valence-electron chi connectivity index (χ1n) is 4.12. The van der Waals surface area contributed by atoms with Crippen molar-refractivity contribution in [2.75, 3.05) is 6.61 Å². The van der Waals surface area contributed by atoms with E-state index in [4.69, 9.17) is 10.5 Å². The molecule has 0 unspecified atom stereocenters. The third kappa shape index (κ3) is 2.87. The molecule has 5 heteroatoms. The van der Waals surface area contributed by atoms with E-state index in [1.165, 1.54) is 0 Å². The van der Waals surface area contributed by atoms with Gasteiger partial charge in [0.25, 0.3) is 0 Å². The number of rotatable bonds is 4. The molecule has 72 valence electrons. The van der Waals surface area contributed by atoms with Gasteiger partial charge in [0, 0.05) is 12.7 Å². The molecule has 1 aromatic rings. The molecule has 0 spiro atoms. The van der Waals surface area contributed by atoms with Gasteiger partial charge >= 0.3 is 5.97 Å². The van der Waals surface area contributed by atoms with Gasteiger partial charge in [0.2, 0.25) is 0 Å². The van der Waals surface area contributed by atoms with Gasteiger partial charge in [-0.15, -0.1) is 0 Å². The van der Waals surface area contributed by atoms with E-state index in [-0.39, 0.29) is 12.5 Å². The molecule has 0 saturated heterocycles. The van der Waals surface area contributed by atoms with Crippen molar-refractivity contribution in [3.05, 3.63) is 18.2 Å². The zero-order valence-corrected chi connectivity index (χ0v) is 7.56. The lowest BCUT2D eigenvalue weighted by molar-refractivity contribution is -0.143. The highest BCUT2D eigenvalue weighted by molar-refractivity contribution is 5.69. The van der Waals surface area contributed by atoms with Crippen LogP contribution in [0.3, 0.4) is 0 Å². The Morgan fingerprint density at radius 2 is 2.54 bits per heavy atom. The van der Waals surface area contributed by atoms with Gasteiger partial charge in [-0.05, 0) is 6.92 Å². The number of nitrogens with two attached hydrogens (primary N) is 1. The third-order valence-electron chi connectivity index (χ3n) is 1.51. The van der Waals surface area contributed by atoms with Gasteiger partial charge in [-0.25, -0.2) is 4.98 Å². The number of hydrogen-bond donors (Lipinski definition) is 1. The van der Waals surface area contributed by atoms with Gasteiger partial charge in [-0.3, -0.25) is 4.79 Å². The number of imidazole rings is 1. The first-order chi connectivity index (χ1) is 6.26. The standard InChI is InChI=1S/C8H13N3O2/c1-2-13-8(12)5-11-4-7(3-9)10-6-11/h4,6H,2-3,5,9H2,1H3. The SMILES string of the molecule is CCOC(=O)Cn1cnc(CN)c1. The fourth-order valence-electron chi connectivity index (χ4n) is 0.954. The number of nitrogens with zero attached hydrogens (tertiary/aromatic N) is 2. The summed E-state index contributed by atoms with van der Waals surface area (Å²) in [6, 6.07) is 0. The maximum atomic E-state index is 11.0. The lowest BCUT2D eigenvalue weighted by atomic mass is 10.5. The second-order valence-corrected chi connectivity index (χ2v) is 2.55.